The average molecular weight is 406 g/mol. The standard InChI is InChI=1S/C17H27N5O2.2ClH/c1-11-12(2)19-10-20-16(11)21-5-7-22(8-6-21)17(24)13-3-4-14(18)15(23)9-13;;/h10,13-15,23H,3-9,18H2,1-2H3;2*1H/t13-,14-,15-;;/m0../s1. The average Bonchev–Trinajstić information content (AvgIpc) is 2.59. The van der Waals surface area contributed by atoms with Gasteiger partial charge in [-0.1, -0.05) is 0 Å². The lowest BCUT2D eigenvalue weighted by molar-refractivity contribution is -0.138. The quantitative estimate of drug-likeness (QED) is 0.763. The van der Waals surface area contributed by atoms with Crippen molar-refractivity contribution in [3.05, 3.63) is 17.6 Å². The number of aryl methyl sites for hydroxylation is 1. The SMILES string of the molecule is Cc1ncnc(N2CCN(C(=O)[C@H]3CC[C@H](N)[C@@H](O)C3)CC2)c1C.Cl.Cl. The Morgan fingerprint density at radius 3 is 2.42 bits per heavy atom. The van der Waals surface area contributed by atoms with Gasteiger partial charge in [0.1, 0.15) is 12.1 Å². The first-order valence-corrected chi connectivity index (χ1v) is 8.73. The number of halogens is 2. The summed E-state index contributed by atoms with van der Waals surface area (Å²) in [5.41, 5.74) is 7.92. The molecule has 0 aromatic carbocycles. The van der Waals surface area contributed by atoms with E-state index >= 15 is 0 Å². The topological polar surface area (TPSA) is 95.6 Å². The van der Waals surface area contributed by atoms with Gasteiger partial charge in [-0.2, -0.15) is 0 Å². The number of aromatic nitrogens is 2. The van der Waals surface area contributed by atoms with E-state index in [0.29, 0.717) is 19.5 Å². The van der Waals surface area contributed by atoms with E-state index in [1.165, 1.54) is 0 Å². The highest BCUT2D eigenvalue weighted by Gasteiger charge is 2.34. The molecule has 9 heteroatoms. The smallest absolute Gasteiger partial charge is 0.225 e. The molecular formula is C17H29Cl2N5O2. The second-order valence-electron chi connectivity index (χ2n) is 6.96. The number of hydrogen-bond donors (Lipinski definition) is 2. The third kappa shape index (κ3) is 4.76. The first-order chi connectivity index (χ1) is 11.5. The van der Waals surface area contributed by atoms with Crippen LogP contribution in [-0.2, 0) is 4.79 Å². The molecule has 2 aliphatic rings. The van der Waals surface area contributed by atoms with Gasteiger partial charge in [0, 0.05) is 49.4 Å². The van der Waals surface area contributed by atoms with E-state index in [0.717, 1.165) is 43.0 Å². The molecule has 1 aromatic heterocycles. The van der Waals surface area contributed by atoms with Gasteiger partial charge in [-0.3, -0.25) is 4.79 Å². The molecular weight excluding hydrogens is 377 g/mol. The van der Waals surface area contributed by atoms with Gasteiger partial charge in [-0.05, 0) is 33.1 Å². The summed E-state index contributed by atoms with van der Waals surface area (Å²) in [5, 5.41) is 9.92. The minimum Gasteiger partial charge on any atom is -0.391 e. The minimum absolute atomic E-state index is 0. The van der Waals surface area contributed by atoms with Crippen molar-refractivity contribution in [2.24, 2.45) is 11.7 Å². The lowest BCUT2D eigenvalue weighted by Crippen LogP contribution is -2.52. The van der Waals surface area contributed by atoms with Crippen LogP contribution in [0.2, 0.25) is 0 Å². The molecule has 0 radical (unpaired) electrons. The molecule has 7 nitrogen and oxygen atoms in total. The molecule has 3 rings (SSSR count). The Labute approximate surface area is 167 Å². The molecule has 2 heterocycles. The van der Waals surface area contributed by atoms with E-state index in [9.17, 15) is 9.90 Å². The van der Waals surface area contributed by atoms with Gasteiger partial charge >= 0.3 is 0 Å². The van der Waals surface area contributed by atoms with Gasteiger partial charge in [-0.15, -0.1) is 24.8 Å². The van der Waals surface area contributed by atoms with Crippen molar-refractivity contribution in [2.75, 3.05) is 31.1 Å². The van der Waals surface area contributed by atoms with Crippen LogP contribution in [0.4, 0.5) is 5.82 Å². The maximum Gasteiger partial charge on any atom is 0.225 e. The molecule has 2 fully saturated rings. The number of nitrogens with two attached hydrogens (primary N) is 1. The number of amides is 1. The minimum atomic E-state index is -0.555. The molecule has 1 aliphatic carbocycles. The highest BCUT2D eigenvalue weighted by Crippen LogP contribution is 2.27. The fourth-order valence-electron chi connectivity index (χ4n) is 3.64. The highest BCUT2D eigenvalue weighted by atomic mass is 35.5. The Morgan fingerprint density at radius 1 is 1.15 bits per heavy atom. The molecule has 3 atom stereocenters. The molecule has 148 valence electrons. The zero-order valence-electron chi connectivity index (χ0n) is 15.3. The van der Waals surface area contributed by atoms with Crippen molar-refractivity contribution in [1.29, 1.82) is 0 Å². The van der Waals surface area contributed by atoms with Crippen molar-refractivity contribution < 1.29 is 9.90 Å². The van der Waals surface area contributed by atoms with Crippen LogP contribution in [-0.4, -0.2) is 64.2 Å². The first-order valence-electron chi connectivity index (χ1n) is 8.73. The summed E-state index contributed by atoms with van der Waals surface area (Å²) in [6, 6.07) is -0.185. The predicted molar refractivity (Wildman–Crippen MR) is 106 cm³/mol. The summed E-state index contributed by atoms with van der Waals surface area (Å²) >= 11 is 0. The van der Waals surface area contributed by atoms with Gasteiger partial charge < -0.3 is 20.6 Å². The van der Waals surface area contributed by atoms with E-state index in [1.807, 2.05) is 18.7 Å². The molecule has 0 unspecified atom stereocenters. The second kappa shape index (κ2) is 9.69. The Morgan fingerprint density at radius 2 is 1.81 bits per heavy atom. The van der Waals surface area contributed by atoms with Crippen molar-refractivity contribution >= 4 is 36.5 Å². The molecule has 1 saturated carbocycles. The predicted octanol–water partition coefficient (Wildman–Crippen LogP) is 1.07. The van der Waals surface area contributed by atoms with Crippen molar-refractivity contribution in [1.82, 2.24) is 14.9 Å². The Balaban J connectivity index is 0.00000169. The third-order valence-corrected chi connectivity index (χ3v) is 5.42. The number of carbonyl (C=O) groups is 1. The van der Waals surface area contributed by atoms with Crippen molar-refractivity contribution in [3.63, 3.8) is 0 Å². The Bertz CT molecular complexity index is 611. The number of rotatable bonds is 2. The summed E-state index contributed by atoms with van der Waals surface area (Å²) in [6.07, 6.45) is 3.03. The summed E-state index contributed by atoms with van der Waals surface area (Å²) in [5.74, 6) is 1.04. The van der Waals surface area contributed by atoms with Gasteiger partial charge in [0.2, 0.25) is 5.91 Å². The number of hydrogen-bond acceptors (Lipinski definition) is 6. The summed E-state index contributed by atoms with van der Waals surface area (Å²) in [4.78, 5) is 25.5. The number of aliphatic hydroxyl groups is 1. The van der Waals surface area contributed by atoms with Crippen LogP contribution in [0.25, 0.3) is 0 Å². The zero-order chi connectivity index (χ0) is 17.3. The van der Waals surface area contributed by atoms with Crippen LogP contribution >= 0.6 is 24.8 Å². The van der Waals surface area contributed by atoms with Gasteiger partial charge in [0.15, 0.2) is 0 Å². The van der Waals surface area contributed by atoms with E-state index in [2.05, 4.69) is 14.9 Å². The molecule has 1 aromatic rings. The molecule has 1 aliphatic heterocycles. The van der Waals surface area contributed by atoms with Gasteiger partial charge in [0.05, 0.1) is 6.10 Å². The fraction of sp³-hybridized carbons (Fsp3) is 0.706. The van der Waals surface area contributed by atoms with Gasteiger partial charge in [-0.25, -0.2) is 9.97 Å². The third-order valence-electron chi connectivity index (χ3n) is 5.42. The Kier molecular flexibility index (Phi) is 8.53. The van der Waals surface area contributed by atoms with E-state index < -0.39 is 6.10 Å². The van der Waals surface area contributed by atoms with Crippen LogP contribution in [0.15, 0.2) is 6.33 Å². The number of anilines is 1. The monoisotopic (exact) mass is 405 g/mol. The highest BCUT2D eigenvalue weighted by molar-refractivity contribution is 5.85. The molecule has 0 bridgehead atoms. The lowest BCUT2D eigenvalue weighted by Gasteiger charge is -2.39. The van der Waals surface area contributed by atoms with E-state index in [1.54, 1.807) is 6.33 Å². The maximum absolute atomic E-state index is 12.7. The summed E-state index contributed by atoms with van der Waals surface area (Å²) in [7, 11) is 0. The summed E-state index contributed by atoms with van der Waals surface area (Å²) < 4.78 is 0. The largest absolute Gasteiger partial charge is 0.391 e. The van der Waals surface area contributed by atoms with Crippen LogP contribution in [0, 0.1) is 19.8 Å². The van der Waals surface area contributed by atoms with Crippen LogP contribution in [0.5, 0.6) is 0 Å². The van der Waals surface area contributed by atoms with E-state index in [-0.39, 0.29) is 42.7 Å². The normalized spacial score (nSPS) is 25.9. The van der Waals surface area contributed by atoms with Crippen LogP contribution in [0.3, 0.4) is 0 Å². The van der Waals surface area contributed by atoms with Crippen LogP contribution in [0.1, 0.15) is 30.5 Å². The first kappa shape index (κ1) is 22.9. The number of carbonyl (C=O) groups excluding carboxylic acids is 1. The molecule has 1 saturated heterocycles. The summed E-state index contributed by atoms with van der Waals surface area (Å²) in [6.45, 7) is 6.96. The molecule has 26 heavy (non-hydrogen) atoms. The van der Waals surface area contributed by atoms with Crippen LogP contribution < -0.4 is 10.6 Å². The van der Waals surface area contributed by atoms with Crippen molar-refractivity contribution in [3.8, 4) is 0 Å². The fourth-order valence-corrected chi connectivity index (χ4v) is 3.64. The number of nitrogens with zero attached hydrogens (tertiary/aromatic N) is 4. The van der Waals surface area contributed by atoms with Crippen molar-refractivity contribution in [2.45, 2.75) is 45.3 Å². The molecule has 1 amide bonds. The molecule has 3 N–H and O–H groups in total. The second-order valence-corrected chi connectivity index (χ2v) is 6.96. The maximum atomic E-state index is 12.7. The Hall–Kier alpha value is -1.15. The van der Waals surface area contributed by atoms with Gasteiger partial charge in [0.25, 0.3) is 0 Å². The number of aliphatic hydroxyl groups excluding tert-OH is 1. The number of piperazine rings is 1. The van der Waals surface area contributed by atoms with E-state index in [4.69, 9.17) is 5.73 Å². The zero-order valence-corrected chi connectivity index (χ0v) is 16.9. The molecule has 0 spiro atoms. The lowest BCUT2D eigenvalue weighted by atomic mass is 9.83.